The van der Waals surface area contributed by atoms with Gasteiger partial charge in [-0.05, 0) is 48.2 Å². The summed E-state index contributed by atoms with van der Waals surface area (Å²) < 4.78 is 29.2. The first-order valence-corrected chi connectivity index (χ1v) is 12.8. The molecule has 0 spiro atoms. The Morgan fingerprint density at radius 3 is 2.30 bits per heavy atom. The molecule has 3 aromatic rings. The Bertz CT molecular complexity index is 1110. The van der Waals surface area contributed by atoms with Crippen molar-refractivity contribution >= 4 is 10.0 Å². The number of hydrogen-bond donors (Lipinski definition) is 3. The van der Waals surface area contributed by atoms with E-state index in [9.17, 15) is 13.5 Å². The summed E-state index contributed by atoms with van der Waals surface area (Å²) in [5.74, 6) is 0.260. The van der Waals surface area contributed by atoms with E-state index in [0.29, 0.717) is 13.0 Å². The van der Waals surface area contributed by atoms with Crippen molar-refractivity contribution in [1.29, 1.82) is 0 Å². The van der Waals surface area contributed by atoms with Gasteiger partial charge in [-0.15, -0.1) is 0 Å². The van der Waals surface area contributed by atoms with Crippen LogP contribution in [0, 0.1) is 0 Å². The standard InChI is InChI=1S/C26H31N3O3S/c30-25-13-11-22(12-14-25)18-24-19-27-15-16-29(24)20-23(17-21-7-3-1-4-8-21)28-33(31,32)26-9-5-2-6-10-26/h1-14,23-24,27-28,30H,15-20H2/t23-,24-/m0/s1. The molecule has 2 atom stereocenters. The van der Waals surface area contributed by atoms with Crippen molar-refractivity contribution < 1.29 is 13.5 Å². The number of aromatic hydroxyl groups is 1. The van der Waals surface area contributed by atoms with Gasteiger partial charge in [-0.3, -0.25) is 4.90 Å². The van der Waals surface area contributed by atoms with Crippen molar-refractivity contribution in [3.8, 4) is 5.75 Å². The third-order valence-corrected chi connectivity index (χ3v) is 7.57. The van der Waals surface area contributed by atoms with Gasteiger partial charge < -0.3 is 10.4 Å². The molecule has 0 aromatic heterocycles. The van der Waals surface area contributed by atoms with Crippen LogP contribution in [0.5, 0.6) is 5.75 Å². The van der Waals surface area contributed by atoms with Gasteiger partial charge in [0.1, 0.15) is 5.75 Å². The molecule has 1 fully saturated rings. The van der Waals surface area contributed by atoms with Crippen molar-refractivity contribution in [1.82, 2.24) is 14.9 Å². The SMILES string of the molecule is O=S(=O)(N[C@@H](Cc1ccccc1)CN1CCNC[C@@H]1Cc1ccc(O)cc1)c1ccccc1. The molecule has 6 nitrogen and oxygen atoms in total. The Labute approximate surface area is 196 Å². The van der Waals surface area contributed by atoms with Gasteiger partial charge in [0.15, 0.2) is 0 Å². The Balaban J connectivity index is 1.53. The highest BCUT2D eigenvalue weighted by molar-refractivity contribution is 7.89. The van der Waals surface area contributed by atoms with E-state index < -0.39 is 10.0 Å². The van der Waals surface area contributed by atoms with E-state index in [0.717, 1.165) is 37.2 Å². The summed E-state index contributed by atoms with van der Waals surface area (Å²) in [4.78, 5) is 2.66. The maximum atomic E-state index is 13.1. The average molecular weight is 466 g/mol. The number of phenols is 1. The first-order chi connectivity index (χ1) is 16.0. The maximum absolute atomic E-state index is 13.1. The van der Waals surface area contributed by atoms with Crippen LogP contribution in [0.25, 0.3) is 0 Å². The molecule has 7 heteroatoms. The van der Waals surface area contributed by atoms with Gasteiger partial charge in [0.05, 0.1) is 4.90 Å². The molecule has 0 radical (unpaired) electrons. The average Bonchev–Trinajstić information content (AvgIpc) is 2.83. The monoisotopic (exact) mass is 465 g/mol. The summed E-state index contributed by atoms with van der Waals surface area (Å²) in [7, 11) is -3.63. The van der Waals surface area contributed by atoms with Crippen LogP contribution in [0.1, 0.15) is 11.1 Å². The molecular weight excluding hydrogens is 434 g/mol. The highest BCUT2D eigenvalue weighted by Gasteiger charge is 2.28. The number of hydrogen-bond acceptors (Lipinski definition) is 5. The van der Waals surface area contributed by atoms with Crippen molar-refractivity contribution in [3.63, 3.8) is 0 Å². The van der Waals surface area contributed by atoms with Crippen LogP contribution in [-0.4, -0.2) is 56.7 Å². The van der Waals surface area contributed by atoms with E-state index in [1.165, 1.54) is 0 Å². The molecule has 1 aliphatic heterocycles. The van der Waals surface area contributed by atoms with Gasteiger partial charge in [-0.2, -0.15) is 0 Å². The zero-order valence-corrected chi connectivity index (χ0v) is 19.4. The second-order valence-electron chi connectivity index (χ2n) is 8.54. The number of piperazine rings is 1. The van der Waals surface area contributed by atoms with Crippen LogP contribution in [0.3, 0.4) is 0 Å². The summed E-state index contributed by atoms with van der Waals surface area (Å²) in [6, 6.07) is 25.8. The molecule has 0 bridgehead atoms. The summed E-state index contributed by atoms with van der Waals surface area (Å²) in [5.41, 5.74) is 2.25. The second kappa shape index (κ2) is 10.9. The minimum absolute atomic E-state index is 0.239. The second-order valence-corrected chi connectivity index (χ2v) is 10.3. The zero-order valence-electron chi connectivity index (χ0n) is 18.6. The minimum Gasteiger partial charge on any atom is -0.508 e. The first-order valence-electron chi connectivity index (χ1n) is 11.3. The van der Waals surface area contributed by atoms with E-state index in [1.807, 2.05) is 48.5 Å². The Kier molecular flexibility index (Phi) is 7.77. The van der Waals surface area contributed by atoms with E-state index in [2.05, 4.69) is 14.9 Å². The smallest absolute Gasteiger partial charge is 0.240 e. The lowest BCUT2D eigenvalue weighted by Gasteiger charge is -2.38. The van der Waals surface area contributed by atoms with Crippen LogP contribution in [0.2, 0.25) is 0 Å². The molecule has 174 valence electrons. The van der Waals surface area contributed by atoms with Crippen molar-refractivity contribution in [3.05, 3.63) is 96.1 Å². The van der Waals surface area contributed by atoms with Gasteiger partial charge in [0.2, 0.25) is 10.0 Å². The molecule has 0 amide bonds. The lowest BCUT2D eigenvalue weighted by atomic mass is 10.0. The first kappa shape index (κ1) is 23.4. The molecule has 3 N–H and O–H groups in total. The van der Waals surface area contributed by atoms with E-state index in [1.54, 1.807) is 36.4 Å². The number of nitrogens with one attached hydrogen (secondary N) is 2. The third-order valence-electron chi connectivity index (χ3n) is 6.03. The maximum Gasteiger partial charge on any atom is 0.240 e. The quantitative estimate of drug-likeness (QED) is 0.453. The fourth-order valence-corrected chi connectivity index (χ4v) is 5.61. The predicted molar refractivity (Wildman–Crippen MR) is 131 cm³/mol. The molecule has 0 unspecified atom stereocenters. The van der Waals surface area contributed by atoms with Crippen LogP contribution < -0.4 is 10.0 Å². The van der Waals surface area contributed by atoms with E-state index in [4.69, 9.17) is 0 Å². The van der Waals surface area contributed by atoms with E-state index >= 15 is 0 Å². The summed E-state index contributed by atoms with van der Waals surface area (Å²) in [5, 5.41) is 13.1. The van der Waals surface area contributed by atoms with Crippen molar-refractivity contribution in [2.75, 3.05) is 26.2 Å². The molecular formula is C26H31N3O3S. The van der Waals surface area contributed by atoms with Crippen LogP contribution >= 0.6 is 0 Å². The molecule has 3 aromatic carbocycles. The number of phenolic OH excluding ortho intramolecular Hbond substituents is 1. The van der Waals surface area contributed by atoms with Gasteiger partial charge in [-0.25, -0.2) is 13.1 Å². The Morgan fingerprint density at radius 2 is 1.61 bits per heavy atom. The normalized spacial score (nSPS) is 18.1. The van der Waals surface area contributed by atoms with Crippen molar-refractivity contribution in [2.24, 2.45) is 0 Å². The van der Waals surface area contributed by atoms with E-state index in [-0.39, 0.29) is 22.7 Å². The highest BCUT2D eigenvalue weighted by Crippen LogP contribution is 2.17. The van der Waals surface area contributed by atoms with Crippen molar-refractivity contribution in [2.45, 2.75) is 29.8 Å². The molecule has 4 rings (SSSR count). The fraction of sp³-hybridized carbons (Fsp3) is 0.308. The largest absolute Gasteiger partial charge is 0.508 e. The molecule has 1 heterocycles. The Morgan fingerprint density at radius 1 is 0.939 bits per heavy atom. The minimum atomic E-state index is -3.63. The zero-order chi connectivity index (χ0) is 23.1. The van der Waals surface area contributed by atoms with Gasteiger partial charge in [-0.1, -0.05) is 60.7 Å². The fourth-order valence-electron chi connectivity index (χ4n) is 4.36. The topological polar surface area (TPSA) is 81.7 Å². The van der Waals surface area contributed by atoms with Gasteiger partial charge in [0, 0.05) is 38.3 Å². The molecule has 0 saturated carbocycles. The summed E-state index contributed by atoms with van der Waals surface area (Å²) in [6.07, 6.45) is 1.44. The number of nitrogens with zero attached hydrogens (tertiary/aromatic N) is 1. The van der Waals surface area contributed by atoms with Crippen LogP contribution in [0.4, 0.5) is 0 Å². The van der Waals surface area contributed by atoms with Crippen LogP contribution in [-0.2, 0) is 22.9 Å². The van der Waals surface area contributed by atoms with Gasteiger partial charge >= 0.3 is 0 Å². The summed E-state index contributed by atoms with van der Waals surface area (Å²) >= 11 is 0. The molecule has 1 saturated heterocycles. The lowest BCUT2D eigenvalue weighted by molar-refractivity contribution is 0.148. The predicted octanol–water partition coefficient (Wildman–Crippen LogP) is 2.80. The molecule has 1 aliphatic rings. The lowest BCUT2D eigenvalue weighted by Crippen LogP contribution is -2.56. The number of sulfonamides is 1. The Hall–Kier alpha value is -2.71. The third kappa shape index (κ3) is 6.65. The number of rotatable bonds is 9. The van der Waals surface area contributed by atoms with Gasteiger partial charge in [0.25, 0.3) is 0 Å². The van der Waals surface area contributed by atoms with Crippen LogP contribution in [0.15, 0.2) is 89.8 Å². The molecule has 33 heavy (non-hydrogen) atoms. The highest BCUT2D eigenvalue weighted by atomic mass is 32.2. The molecule has 0 aliphatic carbocycles. The number of benzene rings is 3. The summed E-state index contributed by atoms with van der Waals surface area (Å²) in [6.45, 7) is 3.17.